The lowest BCUT2D eigenvalue weighted by Gasteiger charge is -2.21. The number of rotatable bonds is 0. The number of likely N-dealkylation sites (N-methyl/N-ethyl adjacent to an activating group) is 1. The first-order valence-electron chi connectivity index (χ1n) is 3.61. The normalized spacial score (nSPS) is 34.0. The van der Waals surface area contributed by atoms with E-state index in [1.165, 1.54) is 0 Å². The number of hydrogen-bond acceptors (Lipinski definition) is 4. The van der Waals surface area contributed by atoms with Gasteiger partial charge in [0.25, 0.3) is 0 Å². The summed E-state index contributed by atoms with van der Waals surface area (Å²) in [5, 5.41) is 0. The van der Waals surface area contributed by atoms with Crippen LogP contribution in [0.5, 0.6) is 0 Å². The third-order valence-electron chi connectivity index (χ3n) is 2.07. The van der Waals surface area contributed by atoms with E-state index in [-0.39, 0.29) is 12.2 Å². The summed E-state index contributed by atoms with van der Waals surface area (Å²) in [5.74, 6) is 1.03. The Morgan fingerprint density at radius 2 is 2.36 bits per heavy atom. The molecule has 0 N–H and O–H groups in total. The Kier molecular flexibility index (Phi) is 1.27. The van der Waals surface area contributed by atoms with Crippen molar-refractivity contribution in [1.29, 1.82) is 0 Å². The van der Waals surface area contributed by atoms with Crippen molar-refractivity contribution in [2.24, 2.45) is 15.0 Å². The van der Waals surface area contributed by atoms with Crippen molar-refractivity contribution in [2.45, 2.75) is 19.1 Å². The Morgan fingerprint density at radius 1 is 1.55 bits per heavy atom. The quantitative estimate of drug-likeness (QED) is 0.485. The largest absolute Gasteiger partial charge is 0.340 e. The van der Waals surface area contributed by atoms with Gasteiger partial charge in [-0.05, 0) is 6.92 Å². The summed E-state index contributed by atoms with van der Waals surface area (Å²) in [6, 6.07) is 0.144. The Morgan fingerprint density at radius 3 is 3.09 bits per heavy atom. The molecule has 0 spiro atoms. The Labute approximate surface area is 65.4 Å². The van der Waals surface area contributed by atoms with E-state index in [1.807, 2.05) is 20.2 Å². The van der Waals surface area contributed by atoms with Gasteiger partial charge in [-0.1, -0.05) is 0 Å². The van der Waals surface area contributed by atoms with Gasteiger partial charge in [0, 0.05) is 13.3 Å². The lowest BCUT2D eigenvalue weighted by molar-refractivity contribution is 0.395. The van der Waals surface area contributed by atoms with Crippen molar-refractivity contribution in [1.82, 2.24) is 4.90 Å². The van der Waals surface area contributed by atoms with Crippen molar-refractivity contribution in [2.75, 3.05) is 7.05 Å². The van der Waals surface area contributed by atoms with Crippen LogP contribution in [0.2, 0.25) is 0 Å². The molecule has 2 rings (SSSR count). The molecule has 0 fully saturated rings. The molecule has 0 saturated carbocycles. The van der Waals surface area contributed by atoms with Gasteiger partial charge in [0.15, 0.2) is 6.17 Å². The molecule has 0 amide bonds. The van der Waals surface area contributed by atoms with Crippen molar-refractivity contribution >= 4 is 18.4 Å². The van der Waals surface area contributed by atoms with Gasteiger partial charge >= 0.3 is 0 Å². The zero-order valence-electron chi connectivity index (χ0n) is 6.60. The molecule has 0 aromatic heterocycles. The minimum Gasteiger partial charge on any atom is -0.340 e. The van der Waals surface area contributed by atoms with Gasteiger partial charge in [0.05, 0.1) is 5.84 Å². The fourth-order valence-electron chi connectivity index (χ4n) is 1.33. The average Bonchev–Trinajstić information content (AvgIpc) is 2.30. The summed E-state index contributed by atoms with van der Waals surface area (Å²) in [7, 11) is 2.00. The third kappa shape index (κ3) is 0.859. The fourth-order valence-corrected chi connectivity index (χ4v) is 1.33. The molecule has 2 atom stereocenters. The highest BCUT2D eigenvalue weighted by Gasteiger charge is 2.30. The van der Waals surface area contributed by atoms with E-state index in [9.17, 15) is 0 Å². The van der Waals surface area contributed by atoms with Crippen LogP contribution in [-0.4, -0.2) is 42.5 Å². The molecule has 0 aromatic carbocycles. The molecule has 2 aliphatic heterocycles. The number of fused-ring (bicyclic) bond motifs is 1. The summed E-state index contributed by atoms with van der Waals surface area (Å²) in [6.45, 7) is 1.99. The highest BCUT2D eigenvalue weighted by molar-refractivity contribution is 5.89. The minimum atomic E-state index is 0.144. The monoisotopic (exact) mass is 150 g/mol. The van der Waals surface area contributed by atoms with Crippen molar-refractivity contribution < 1.29 is 0 Å². The van der Waals surface area contributed by atoms with E-state index in [4.69, 9.17) is 0 Å². The first-order chi connectivity index (χ1) is 5.29. The van der Waals surface area contributed by atoms with Crippen LogP contribution in [0.1, 0.15) is 6.92 Å². The first-order valence-corrected chi connectivity index (χ1v) is 3.61. The molecule has 0 saturated heterocycles. The topological polar surface area (TPSA) is 40.3 Å². The summed E-state index contributed by atoms with van der Waals surface area (Å²) in [5.41, 5.74) is 0. The van der Waals surface area contributed by atoms with Gasteiger partial charge in [-0.3, -0.25) is 4.99 Å². The predicted molar refractivity (Wildman–Crippen MR) is 45.4 cm³/mol. The van der Waals surface area contributed by atoms with E-state index in [0.717, 1.165) is 5.84 Å². The fraction of sp³-hybridized carbons (Fsp3) is 0.571. The van der Waals surface area contributed by atoms with Crippen LogP contribution in [0, 0.1) is 0 Å². The van der Waals surface area contributed by atoms with Crippen molar-refractivity contribution in [3.63, 3.8) is 0 Å². The smallest absolute Gasteiger partial charge is 0.151 e. The van der Waals surface area contributed by atoms with E-state index in [2.05, 4.69) is 19.9 Å². The van der Waals surface area contributed by atoms with Gasteiger partial charge in [-0.15, -0.1) is 0 Å². The molecule has 2 heterocycles. The maximum Gasteiger partial charge on any atom is 0.151 e. The number of hydrogen-bond donors (Lipinski definition) is 0. The minimum absolute atomic E-state index is 0.144. The molecule has 4 nitrogen and oxygen atoms in total. The zero-order chi connectivity index (χ0) is 7.84. The van der Waals surface area contributed by atoms with Crippen LogP contribution in [0.25, 0.3) is 0 Å². The summed E-state index contributed by atoms with van der Waals surface area (Å²) in [6.07, 6.45) is 3.59. The molecule has 11 heavy (non-hydrogen) atoms. The van der Waals surface area contributed by atoms with Crippen molar-refractivity contribution in [3.05, 3.63) is 0 Å². The molecule has 0 bridgehead atoms. The number of amidine groups is 1. The number of nitrogens with zero attached hydrogens (tertiary/aromatic N) is 4. The van der Waals surface area contributed by atoms with E-state index >= 15 is 0 Å². The van der Waals surface area contributed by atoms with Crippen LogP contribution in [-0.2, 0) is 0 Å². The second-order valence-electron chi connectivity index (χ2n) is 2.75. The van der Waals surface area contributed by atoms with Gasteiger partial charge < -0.3 is 4.90 Å². The van der Waals surface area contributed by atoms with E-state index in [1.54, 1.807) is 6.34 Å². The zero-order valence-corrected chi connectivity index (χ0v) is 6.60. The van der Waals surface area contributed by atoms with Gasteiger partial charge in [0.2, 0.25) is 0 Å². The maximum absolute atomic E-state index is 4.37. The predicted octanol–water partition coefficient (Wildman–Crippen LogP) is 0.158. The second kappa shape index (κ2) is 2.15. The van der Waals surface area contributed by atoms with E-state index in [0.29, 0.717) is 0 Å². The second-order valence-corrected chi connectivity index (χ2v) is 2.75. The molecule has 0 radical (unpaired) electrons. The van der Waals surface area contributed by atoms with Crippen molar-refractivity contribution in [3.8, 4) is 0 Å². The molecule has 0 aromatic rings. The SMILES string of the molecule is CC1=NC2C=NC=NC2N1C. The maximum atomic E-state index is 4.37. The lowest BCUT2D eigenvalue weighted by atomic mass is 10.2. The highest BCUT2D eigenvalue weighted by Crippen LogP contribution is 2.16. The van der Waals surface area contributed by atoms with Crippen LogP contribution >= 0.6 is 0 Å². The highest BCUT2D eigenvalue weighted by atomic mass is 15.3. The molecule has 2 aliphatic rings. The summed E-state index contributed by atoms with van der Waals surface area (Å²) < 4.78 is 0. The van der Waals surface area contributed by atoms with E-state index < -0.39 is 0 Å². The molecule has 0 aliphatic carbocycles. The van der Waals surface area contributed by atoms with Crippen LogP contribution in [0.3, 0.4) is 0 Å². The molecule has 4 heteroatoms. The molecule has 58 valence electrons. The lowest BCUT2D eigenvalue weighted by Crippen LogP contribution is -2.36. The van der Waals surface area contributed by atoms with Gasteiger partial charge in [0.1, 0.15) is 12.4 Å². The van der Waals surface area contributed by atoms with Crippen LogP contribution in [0.15, 0.2) is 15.0 Å². The van der Waals surface area contributed by atoms with Crippen LogP contribution in [0.4, 0.5) is 0 Å². The molecule has 2 unspecified atom stereocenters. The number of aliphatic imine (C=N–C) groups is 3. The molecular weight excluding hydrogens is 140 g/mol. The summed E-state index contributed by atoms with van der Waals surface area (Å²) >= 11 is 0. The standard InChI is InChI=1S/C7H10N4/c1-5-10-6-3-8-4-9-7(6)11(5)2/h3-4,6-7H,1-2H3. The average molecular weight is 150 g/mol. The van der Waals surface area contributed by atoms with Crippen LogP contribution < -0.4 is 0 Å². The van der Waals surface area contributed by atoms with Gasteiger partial charge in [-0.25, -0.2) is 9.98 Å². The first kappa shape index (κ1) is 6.52. The third-order valence-corrected chi connectivity index (χ3v) is 2.07. The summed E-state index contributed by atoms with van der Waals surface area (Å²) in [4.78, 5) is 14.6. The Hall–Kier alpha value is -1.19. The van der Waals surface area contributed by atoms with Gasteiger partial charge in [-0.2, -0.15) is 0 Å². The Balaban J connectivity index is 2.29. The Bertz CT molecular complexity index is 253. The molecular formula is C7H10N4.